The minimum absolute atomic E-state index is 0.274. The molecule has 4 aromatic carbocycles. The number of rotatable bonds is 7. The van der Waals surface area contributed by atoms with Crippen LogP contribution in [0.25, 0.3) is 10.8 Å². The average Bonchev–Trinajstić information content (AvgIpc) is 2.89. The summed E-state index contributed by atoms with van der Waals surface area (Å²) in [6.07, 6.45) is 1.41. The summed E-state index contributed by atoms with van der Waals surface area (Å²) >= 11 is 5.82. The third-order valence-corrected chi connectivity index (χ3v) is 5.29. The molecule has 0 radical (unpaired) electrons. The molecule has 174 valence electrons. The van der Waals surface area contributed by atoms with E-state index >= 15 is 0 Å². The molecule has 0 aromatic heterocycles. The minimum Gasteiger partial charge on any atom is -0.422 e. The summed E-state index contributed by atoms with van der Waals surface area (Å²) in [6, 6.07) is 26.0. The molecule has 0 aliphatic carbocycles. The zero-order valence-electron chi connectivity index (χ0n) is 18.4. The van der Waals surface area contributed by atoms with E-state index in [1.165, 1.54) is 6.21 Å². The maximum absolute atomic E-state index is 12.6. The fourth-order valence-electron chi connectivity index (χ4n) is 3.30. The van der Waals surface area contributed by atoms with Gasteiger partial charge < -0.3 is 10.1 Å². The zero-order chi connectivity index (χ0) is 24.6. The molecule has 4 rings (SSSR count). The second kappa shape index (κ2) is 11.1. The van der Waals surface area contributed by atoms with Gasteiger partial charge in [-0.15, -0.1) is 0 Å². The van der Waals surface area contributed by atoms with Gasteiger partial charge in [0.1, 0.15) is 5.75 Å². The topological polar surface area (TPSA) is 96.9 Å². The lowest BCUT2D eigenvalue weighted by atomic mass is 10.0. The number of hydrazone groups is 1. The first kappa shape index (κ1) is 23.7. The van der Waals surface area contributed by atoms with E-state index in [9.17, 15) is 14.4 Å². The van der Waals surface area contributed by atoms with Crippen molar-refractivity contribution in [1.29, 1.82) is 0 Å². The van der Waals surface area contributed by atoms with Gasteiger partial charge in [-0.1, -0.05) is 60.1 Å². The SMILES string of the molecule is O=C(CNC(=O)c1ccc(Cl)cc1)NN=Cc1c(OC(=O)c2ccccc2)ccc2ccccc12. The molecular weight excluding hydrogens is 466 g/mol. The van der Waals surface area contributed by atoms with Crippen molar-refractivity contribution in [1.82, 2.24) is 10.7 Å². The molecule has 0 saturated heterocycles. The highest BCUT2D eigenvalue weighted by atomic mass is 35.5. The second-order valence-corrected chi connectivity index (χ2v) is 7.87. The van der Waals surface area contributed by atoms with Crippen LogP contribution in [0, 0.1) is 0 Å². The Morgan fingerprint density at radius 2 is 1.54 bits per heavy atom. The fourth-order valence-corrected chi connectivity index (χ4v) is 3.43. The maximum Gasteiger partial charge on any atom is 0.343 e. The number of ether oxygens (including phenoxy) is 1. The highest BCUT2D eigenvalue weighted by Gasteiger charge is 2.13. The van der Waals surface area contributed by atoms with Gasteiger partial charge in [-0.05, 0) is 53.2 Å². The molecule has 0 aliphatic heterocycles. The summed E-state index contributed by atoms with van der Waals surface area (Å²) in [5, 5.41) is 8.74. The number of benzene rings is 4. The van der Waals surface area contributed by atoms with E-state index in [0.29, 0.717) is 27.5 Å². The lowest BCUT2D eigenvalue weighted by Gasteiger charge is -2.10. The predicted octanol–water partition coefficient (Wildman–Crippen LogP) is 4.59. The van der Waals surface area contributed by atoms with E-state index in [4.69, 9.17) is 16.3 Å². The third kappa shape index (κ3) is 6.10. The highest BCUT2D eigenvalue weighted by Crippen LogP contribution is 2.27. The Bertz CT molecular complexity index is 1400. The number of halogens is 1. The van der Waals surface area contributed by atoms with Gasteiger partial charge in [-0.2, -0.15) is 5.10 Å². The number of hydrogen-bond donors (Lipinski definition) is 2. The molecule has 0 spiro atoms. The smallest absolute Gasteiger partial charge is 0.343 e. The van der Waals surface area contributed by atoms with E-state index in [-0.39, 0.29) is 6.54 Å². The Kier molecular flexibility index (Phi) is 7.50. The van der Waals surface area contributed by atoms with Crippen LogP contribution < -0.4 is 15.5 Å². The van der Waals surface area contributed by atoms with Crippen molar-refractivity contribution >= 4 is 46.4 Å². The molecule has 8 heteroatoms. The Balaban J connectivity index is 1.46. The van der Waals surface area contributed by atoms with Crippen LogP contribution in [-0.4, -0.2) is 30.5 Å². The Labute approximate surface area is 206 Å². The Hall–Kier alpha value is -4.49. The van der Waals surface area contributed by atoms with E-state index in [1.807, 2.05) is 36.4 Å². The number of nitrogens with zero attached hydrogens (tertiary/aromatic N) is 1. The monoisotopic (exact) mass is 485 g/mol. The summed E-state index contributed by atoms with van der Waals surface area (Å²) in [6.45, 7) is -0.274. The van der Waals surface area contributed by atoms with Crippen LogP contribution in [0.5, 0.6) is 5.75 Å². The molecule has 0 unspecified atom stereocenters. The van der Waals surface area contributed by atoms with Crippen LogP contribution in [0.3, 0.4) is 0 Å². The Morgan fingerprint density at radius 3 is 2.31 bits per heavy atom. The Morgan fingerprint density at radius 1 is 0.829 bits per heavy atom. The quantitative estimate of drug-likeness (QED) is 0.173. The summed E-state index contributed by atoms with van der Waals surface area (Å²) in [4.78, 5) is 36.9. The van der Waals surface area contributed by atoms with Crippen molar-refractivity contribution in [2.75, 3.05) is 6.54 Å². The van der Waals surface area contributed by atoms with Gasteiger partial charge in [-0.3, -0.25) is 9.59 Å². The molecule has 0 aliphatic rings. The van der Waals surface area contributed by atoms with Gasteiger partial charge in [0.05, 0.1) is 18.3 Å². The van der Waals surface area contributed by atoms with Crippen molar-refractivity contribution in [2.45, 2.75) is 0 Å². The first-order valence-corrected chi connectivity index (χ1v) is 11.0. The number of fused-ring (bicyclic) bond motifs is 1. The van der Waals surface area contributed by atoms with Crippen LogP contribution in [0.4, 0.5) is 0 Å². The average molecular weight is 486 g/mol. The number of carbonyl (C=O) groups is 3. The van der Waals surface area contributed by atoms with Crippen molar-refractivity contribution in [2.24, 2.45) is 5.10 Å². The summed E-state index contributed by atoms with van der Waals surface area (Å²) in [5.74, 6) is -1.15. The summed E-state index contributed by atoms with van der Waals surface area (Å²) < 4.78 is 5.62. The van der Waals surface area contributed by atoms with Gasteiger partial charge in [0.2, 0.25) is 0 Å². The van der Waals surface area contributed by atoms with E-state index in [0.717, 1.165) is 10.8 Å². The molecule has 0 saturated carbocycles. The highest BCUT2D eigenvalue weighted by molar-refractivity contribution is 6.30. The molecule has 2 amide bonds. The van der Waals surface area contributed by atoms with Gasteiger partial charge in [0, 0.05) is 16.1 Å². The summed E-state index contributed by atoms with van der Waals surface area (Å²) in [7, 11) is 0. The molecule has 35 heavy (non-hydrogen) atoms. The number of carbonyl (C=O) groups excluding carboxylic acids is 3. The maximum atomic E-state index is 12.6. The van der Waals surface area contributed by atoms with Crippen molar-refractivity contribution in [3.05, 3.63) is 113 Å². The first-order chi connectivity index (χ1) is 17.0. The predicted molar refractivity (Wildman–Crippen MR) is 135 cm³/mol. The third-order valence-electron chi connectivity index (χ3n) is 5.04. The van der Waals surface area contributed by atoms with Gasteiger partial charge in [0.25, 0.3) is 11.8 Å². The van der Waals surface area contributed by atoms with E-state index in [1.54, 1.807) is 54.6 Å². The normalized spacial score (nSPS) is 10.8. The van der Waals surface area contributed by atoms with Gasteiger partial charge >= 0.3 is 5.97 Å². The molecule has 0 heterocycles. The molecule has 7 nitrogen and oxygen atoms in total. The molecule has 2 N–H and O–H groups in total. The zero-order valence-corrected chi connectivity index (χ0v) is 19.2. The summed E-state index contributed by atoms with van der Waals surface area (Å²) in [5.41, 5.74) is 3.70. The van der Waals surface area contributed by atoms with Crippen LogP contribution in [-0.2, 0) is 4.79 Å². The minimum atomic E-state index is -0.522. The van der Waals surface area contributed by atoms with Crippen molar-refractivity contribution in [3.8, 4) is 5.75 Å². The molecule has 0 fully saturated rings. The van der Waals surface area contributed by atoms with Crippen molar-refractivity contribution < 1.29 is 19.1 Å². The van der Waals surface area contributed by atoms with Gasteiger partial charge in [-0.25, -0.2) is 10.2 Å². The van der Waals surface area contributed by atoms with Crippen molar-refractivity contribution in [3.63, 3.8) is 0 Å². The number of esters is 1. The molecule has 4 aromatic rings. The number of hydrogen-bond acceptors (Lipinski definition) is 5. The van der Waals surface area contributed by atoms with Crippen LogP contribution in [0.1, 0.15) is 26.3 Å². The first-order valence-electron chi connectivity index (χ1n) is 10.7. The number of amides is 2. The fraction of sp³-hybridized carbons (Fsp3) is 0.0370. The molecule has 0 atom stereocenters. The molecule has 0 bridgehead atoms. The standard InChI is InChI=1S/C27H20ClN3O4/c28-21-13-10-19(11-14-21)26(33)29-17-25(32)31-30-16-23-22-9-5-4-6-18(22)12-15-24(23)35-27(34)20-7-2-1-3-8-20/h1-16H,17H2,(H,29,33)(H,31,32). The van der Waals surface area contributed by atoms with Crippen LogP contribution >= 0.6 is 11.6 Å². The molecular formula is C27H20ClN3O4. The van der Waals surface area contributed by atoms with Crippen LogP contribution in [0.2, 0.25) is 5.02 Å². The van der Waals surface area contributed by atoms with Crippen LogP contribution in [0.15, 0.2) is 96.1 Å². The van der Waals surface area contributed by atoms with E-state index in [2.05, 4.69) is 15.8 Å². The van der Waals surface area contributed by atoms with E-state index < -0.39 is 17.8 Å². The lowest BCUT2D eigenvalue weighted by molar-refractivity contribution is -0.120. The second-order valence-electron chi connectivity index (χ2n) is 7.44. The largest absolute Gasteiger partial charge is 0.422 e. The number of nitrogens with one attached hydrogen (secondary N) is 2. The van der Waals surface area contributed by atoms with Gasteiger partial charge in [0.15, 0.2) is 0 Å². The lowest BCUT2D eigenvalue weighted by Crippen LogP contribution is -2.34.